The van der Waals surface area contributed by atoms with Crippen LogP contribution >= 0.6 is 0 Å². The van der Waals surface area contributed by atoms with E-state index in [-0.39, 0.29) is 5.91 Å². The summed E-state index contributed by atoms with van der Waals surface area (Å²) in [5.41, 5.74) is 0.989. The fourth-order valence-electron chi connectivity index (χ4n) is 1.83. The molecule has 3 N–H and O–H groups in total. The Labute approximate surface area is 120 Å². The van der Waals surface area contributed by atoms with Crippen LogP contribution in [0.3, 0.4) is 0 Å². The first-order chi connectivity index (χ1) is 9.62. The third kappa shape index (κ3) is 4.68. The molecular weight excluding hydrogens is 254 g/mol. The van der Waals surface area contributed by atoms with Crippen LogP contribution in [0, 0.1) is 6.92 Å². The van der Waals surface area contributed by atoms with Gasteiger partial charge in [-0.1, -0.05) is 6.92 Å². The molecule has 20 heavy (non-hydrogen) atoms. The van der Waals surface area contributed by atoms with Gasteiger partial charge in [0.05, 0.1) is 0 Å². The van der Waals surface area contributed by atoms with Gasteiger partial charge in [0.2, 0.25) is 5.91 Å². The van der Waals surface area contributed by atoms with Gasteiger partial charge >= 0.3 is 0 Å². The van der Waals surface area contributed by atoms with Gasteiger partial charge in [0.25, 0.3) is 0 Å². The fraction of sp³-hybridized carbons (Fsp3) is 0.643. The molecule has 0 saturated carbocycles. The highest BCUT2D eigenvalue weighted by Crippen LogP contribution is 2.20. The molecule has 1 rings (SSSR count). The van der Waals surface area contributed by atoms with Crippen LogP contribution < -0.4 is 16.0 Å². The molecule has 0 unspecified atom stereocenters. The molecule has 0 aliphatic carbocycles. The van der Waals surface area contributed by atoms with Crippen LogP contribution in [0.4, 0.5) is 11.6 Å². The summed E-state index contributed by atoms with van der Waals surface area (Å²) in [5, 5.41) is 9.08. The first-order valence-electron chi connectivity index (χ1n) is 7.18. The Morgan fingerprint density at radius 3 is 2.35 bits per heavy atom. The quantitative estimate of drug-likeness (QED) is 0.675. The first kappa shape index (κ1) is 16.2. The minimum Gasteiger partial charge on any atom is -0.370 e. The number of aromatic nitrogens is 2. The van der Waals surface area contributed by atoms with Crippen molar-refractivity contribution in [1.82, 2.24) is 15.3 Å². The Balaban J connectivity index is 2.83. The summed E-state index contributed by atoms with van der Waals surface area (Å²) in [7, 11) is 1.64. The number of aryl methyl sites for hydroxylation is 1. The van der Waals surface area contributed by atoms with Gasteiger partial charge in [-0.05, 0) is 20.3 Å². The zero-order chi connectivity index (χ0) is 15.0. The van der Waals surface area contributed by atoms with Crippen molar-refractivity contribution in [3.63, 3.8) is 0 Å². The SMILES string of the molecule is CCCc1nc(NCC)c(C)c(NCCC(=O)NC)n1. The number of hydrogen-bond acceptors (Lipinski definition) is 5. The monoisotopic (exact) mass is 279 g/mol. The van der Waals surface area contributed by atoms with E-state index in [0.29, 0.717) is 13.0 Å². The van der Waals surface area contributed by atoms with E-state index >= 15 is 0 Å². The molecule has 0 aromatic carbocycles. The third-order valence-corrected chi connectivity index (χ3v) is 2.93. The molecule has 0 aliphatic rings. The smallest absolute Gasteiger partial charge is 0.221 e. The number of nitrogens with one attached hydrogen (secondary N) is 3. The molecule has 0 fully saturated rings. The highest BCUT2D eigenvalue weighted by atomic mass is 16.1. The summed E-state index contributed by atoms with van der Waals surface area (Å²) in [6.07, 6.45) is 2.29. The van der Waals surface area contributed by atoms with E-state index < -0.39 is 0 Å². The normalized spacial score (nSPS) is 10.2. The maximum absolute atomic E-state index is 11.2. The molecular formula is C14H25N5O. The summed E-state index contributed by atoms with van der Waals surface area (Å²) >= 11 is 0. The topological polar surface area (TPSA) is 78.9 Å². The van der Waals surface area contributed by atoms with Crippen molar-refractivity contribution in [2.45, 2.75) is 40.0 Å². The fourth-order valence-corrected chi connectivity index (χ4v) is 1.83. The van der Waals surface area contributed by atoms with Crippen LogP contribution in [0.15, 0.2) is 0 Å². The largest absolute Gasteiger partial charge is 0.370 e. The Hall–Kier alpha value is -1.85. The van der Waals surface area contributed by atoms with Crippen molar-refractivity contribution < 1.29 is 4.79 Å². The van der Waals surface area contributed by atoms with Gasteiger partial charge in [-0.15, -0.1) is 0 Å². The van der Waals surface area contributed by atoms with Crippen LogP contribution in [0.1, 0.15) is 38.1 Å². The maximum atomic E-state index is 11.2. The summed E-state index contributed by atoms with van der Waals surface area (Å²) < 4.78 is 0. The minimum atomic E-state index is 0.0184. The maximum Gasteiger partial charge on any atom is 0.221 e. The van der Waals surface area contributed by atoms with Gasteiger partial charge in [-0.2, -0.15) is 0 Å². The summed E-state index contributed by atoms with van der Waals surface area (Å²) in [6.45, 7) is 7.51. The number of rotatable bonds is 8. The molecule has 0 saturated heterocycles. The van der Waals surface area contributed by atoms with Gasteiger partial charge in [0.15, 0.2) is 0 Å². The summed E-state index contributed by atoms with van der Waals surface area (Å²) in [4.78, 5) is 20.3. The minimum absolute atomic E-state index is 0.0184. The third-order valence-electron chi connectivity index (χ3n) is 2.93. The molecule has 0 aliphatic heterocycles. The van der Waals surface area contributed by atoms with Crippen LogP contribution in [0.5, 0.6) is 0 Å². The van der Waals surface area contributed by atoms with Crippen molar-refractivity contribution in [2.75, 3.05) is 30.8 Å². The van der Waals surface area contributed by atoms with E-state index in [9.17, 15) is 4.79 Å². The van der Waals surface area contributed by atoms with Gasteiger partial charge in [0, 0.05) is 38.5 Å². The highest BCUT2D eigenvalue weighted by molar-refractivity contribution is 5.76. The number of anilines is 2. The first-order valence-corrected chi connectivity index (χ1v) is 7.18. The van der Waals surface area contributed by atoms with Gasteiger partial charge in [-0.25, -0.2) is 9.97 Å². The van der Waals surface area contributed by atoms with Crippen LogP contribution in [-0.4, -0.2) is 36.0 Å². The molecule has 0 radical (unpaired) electrons. The zero-order valence-electron chi connectivity index (χ0n) is 12.8. The molecule has 1 heterocycles. The second-order valence-electron chi connectivity index (χ2n) is 4.59. The number of carbonyl (C=O) groups excluding carboxylic acids is 1. The Morgan fingerprint density at radius 2 is 1.80 bits per heavy atom. The average molecular weight is 279 g/mol. The van der Waals surface area contributed by atoms with Gasteiger partial charge < -0.3 is 16.0 Å². The molecule has 0 spiro atoms. The molecule has 0 atom stereocenters. The summed E-state index contributed by atoms with van der Waals surface area (Å²) in [5.74, 6) is 2.53. The Bertz CT molecular complexity index is 447. The van der Waals surface area contributed by atoms with E-state index in [1.54, 1.807) is 7.05 Å². The second kappa shape index (κ2) is 8.35. The molecule has 6 nitrogen and oxygen atoms in total. The molecule has 0 bridgehead atoms. The lowest BCUT2D eigenvalue weighted by Gasteiger charge is -2.14. The second-order valence-corrected chi connectivity index (χ2v) is 4.59. The Morgan fingerprint density at radius 1 is 1.15 bits per heavy atom. The molecule has 1 aromatic heterocycles. The van der Waals surface area contributed by atoms with Crippen molar-refractivity contribution in [3.05, 3.63) is 11.4 Å². The number of nitrogens with zero attached hydrogens (tertiary/aromatic N) is 2. The molecule has 112 valence electrons. The number of hydrogen-bond donors (Lipinski definition) is 3. The predicted octanol–water partition coefficient (Wildman–Crippen LogP) is 1.72. The lowest BCUT2D eigenvalue weighted by molar-refractivity contribution is -0.120. The zero-order valence-corrected chi connectivity index (χ0v) is 12.8. The van der Waals surface area contributed by atoms with E-state index in [4.69, 9.17) is 0 Å². The van der Waals surface area contributed by atoms with Crippen molar-refractivity contribution in [3.8, 4) is 0 Å². The average Bonchev–Trinajstić information content (AvgIpc) is 2.43. The van der Waals surface area contributed by atoms with Crippen molar-refractivity contribution >= 4 is 17.5 Å². The van der Waals surface area contributed by atoms with Crippen LogP contribution in [0.2, 0.25) is 0 Å². The van der Waals surface area contributed by atoms with E-state index in [0.717, 1.165) is 42.4 Å². The summed E-state index contributed by atoms with van der Waals surface area (Å²) in [6, 6.07) is 0. The van der Waals surface area contributed by atoms with Crippen LogP contribution in [-0.2, 0) is 11.2 Å². The number of amides is 1. The van der Waals surface area contributed by atoms with Crippen LogP contribution in [0.25, 0.3) is 0 Å². The van der Waals surface area contributed by atoms with E-state index in [1.165, 1.54) is 0 Å². The van der Waals surface area contributed by atoms with E-state index in [1.807, 2.05) is 13.8 Å². The Kier molecular flexibility index (Phi) is 6.76. The van der Waals surface area contributed by atoms with E-state index in [2.05, 4.69) is 32.8 Å². The highest BCUT2D eigenvalue weighted by Gasteiger charge is 2.10. The van der Waals surface area contributed by atoms with Crippen molar-refractivity contribution in [2.24, 2.45) is 0 Å². The lowest BCUT2D eigenvalue weighted by atomic mass is 10.2. The molecule has 1 amide bonds. The standard InChI is InChI=1S/C14H25N5O/c1-5-7-11-18-13(16-6-2)10(3)14(19-11)17-9-8-12(20)15-4/h5-9H2,1-4H3,(H,15,20)(H2,16,17,18,19). The van der Waals surface area contributed by atoms with Gasteiger partial charge in [0.1, 0.15) is 17.5 Å². The molecule has 1 aromatic rings. The lowest BCUT2D eigenvalue weighted by Crippen LogP contribution is -2.21. The molecule has 6 heteroatoms. The van der Waals surface area contributed by atoms with Gasteiger partial charge in [-0.3, -0.25) is 4.79 Å². The van der Waals surface area contributed by atoms with Crippen molar-refractivity contribution in [1.29, 1.82) is 0 Å². The number of carbonyl (C=O) groups is 1. The predicted molar refractivity (Wildman–Crippen MR) is 82.1 cm³/mol.